The minimum absolute atomic E-state index is 0.242. The number of likely N-dealkylation sites (tertiary alicyclic amines) is 1. The Hall–Kier alpha value is -1.85. The molecule has 1 fully saturated rings. The molecule has 0 aliphatic carbocycles. The third kappa shape index (κ3) is 3.82. The highest BCUT2D eigenvalue weighted by molar-refractivity contribution is 5.68. The Labute approximate surface area is 119 Å². The maximum Gasteiger partial charge on any atom is 0.410 e. The smallest absolute Gasteiger partial charge is 0.410 e. The Kier molecular flexibility index (Phi) is 4.11. The summed E-state index contributed by atoms with van der Waals surface area (Å²) in [5, 5.41) is 0. The zero-order valence-corrected chi connectivity index (χ0v) is 12.3. The SMILES string of the molecule is CC(C)(C)OC(=O)N1CCC(c2ncc(N)cn2)CC1. The Morgan fingerprint density at radius 3 is 2.35 bits per heavy atom. The molecule has 0 saturated carbocycles. The van der Waals surface area contributed by atoms with Crippen LogP contribution in [0.15, 0.2) is 12.4 Å². The molecule has 1 aromatic heterocycles. The van der Waals surface area contributed by atoms with E-state index in [4.69, 9.17) is 10.5 Å². The summed E-state index contributed by atoms with van der Waals surface area (Å²) >= 11 is 0. The maximum absolute atomic E-state index is 12.0. The van der Waals surface area contributed by atoms with Gasteiger partial charge >= 0.3 is 6.09 Å². The fraction of sp³-hybridized carbons (Fsp3) is 0.643. The number of nitrogen functional groups attached to an aromatic ring is 1. The number of carbonyl (C=O) groups is 1. The van der Waals surface area contributed by atoms with E-state index in [1.165, 1.54) is 0 Å². The van der Waals surface area contributed by atoms with Crippen molar-refractivity contribution in [3.05, 3.63) is 18.2 Å². The summed E-state index contributed by atoms with van der Waals surface area (Å²) in [5.74, 6) is 1.09. The third-order valence-corrected chi connectivity index (χ3v) is 3.20. The summed E-state index contributed by atoms with van der Waals surface area (Å²) in [6.07, 6.45) is 4.71. The zero-order chi connectivity index (χ0) is 14.8. The molecule has 20 heavy (non-hydrogen) atoms. The first-order chi connectivity index (χ1) is 9.35. The predicted molar refractivity (Wildman–Crippen MR) is 76.2 cm³/mol. The molecule has 2 N–H and O–H groups in total. The molecule has 0 atom stereocenters. The second-order valence-electron chi connectivity index (χ2n) is 6.12. The van der Waals surface area contributed by atoms with Crippen molar-refractivity contribution in [3.8, 4) is 0 Å². The van der Waals surface area contributed by atoms with Gasteiger partial charge in [0, 0.05) is 19.0 Å². The predicted octanol–water partition coefficient (Wildman–Crippen LogP) is 2.17. The third-order valence-electron chi connectivity index (χ3n) is 3.20. The van der Waals surface area contributed by atoms with Crippen molar-refractivity contribution in [2.75, 3.05) is 18.8 Å². The lowest BCUT2D eigenvalue weighted by Gasteiger charge is -2.32. The first kappa shape index (κ1) is 14.6. The summed E-state index contributed by atoms with van der Waals surface area (Å²) < 4.78 is 5.37. The summed E-state index contributed by atoms with van der Waals surface area (Å²) in [5.41, 5.74) is 5.70. The van der Waals surface area contributed by atoms with Gasteiger partial charge in [-0.05, 0) is 33.6 Å². The lowest BCUT2D eigenvalue weighted by Crippen LogP contribution is -2.41. The highest BCUT2D eigenvalue weighted by atomic mass is 16.6. The standard InChI is InChI=1S/C14H22N4O2/c1-14(2,3)20-13(19)18-6-4-10(5-7-18)12-16-8-11(15)9-17-12/h8-10H,4-7,15H2,1-3H3. The number of rotatable bonds is 1. The molecule has 0 bridgehead atoms. The van der Waals surface area contributed by atoms with Crippen LogP contribution in [0.5, 0.6) is 0 Å². The second kappa shape index (κ2) is 5.64. The van der Waals surface area contributed by atoms with Crippen molar-refractivity contribution < 1.29 is 9.53 Å². The fourth-order valence-electron chi connectivity index (χ4n) is 2.21. The topological polar surface area (TPSA) is 81.3 Å². The van der Waals surface area contributed by atoms with Crippen LogP contribution in [0.2, 0.25) is 0 Å². The van der Waals surface area contributed by atoms with E-state index in [1.807, 2.05) is 20.8 Å². The van der Waals surface area contributed by atoms with Gasteiger partial charge in [-0.2, -0.15) is 0 Å². The Balaban J connectivity index is 1.89. The average Bonchev–Trinajstić information content (AvgIpc) is 2.38. The van der Waals surface area contributed by atoms with E-state index in [-0.39, 0.29) is 12.0 Å². The van der Waals surface area contributed by atoms with Crippen molar-refractivity contribution in [2.24, 2.45) is 0 Å². The average molecular weight is 278 g/mol. The quantitative estimate of drug-likeness (QED) is 0.851. The molecule has 0 radical (unpaired) electrons. The van der Waals surface area contributed by atoms with Crippen LogP contribution < -0.4 is 5.73 Å². The largest absolute Gasteiger partial charge is 0.444 e. The van der Waals surface area contributed by atoms with Gasteiger partial charge in [-0.15, -0.1) is 0 Å². The van der Waals surface area contributed by atoms with Crippen LogP contribution in [0.1, 0.15) is 45.4 Å². The van der Waals surface area contributed by atoms with Crippen molar-refractivity contribution in [3.63, 3.8) is 0 Å². The highest BCUT2D eigenvalue weighted by Gasteiger charge is 2.28. The van der Waals surface area contributed by atoms with Crippen LogP contribution in [0.3, 0.4) is 0 Å². The molecule has 1 saturated heterocycles. The van der Waals surface area contributed by atoms with Gasteiger partial charge in [-0.1, -0.05) is 0 Å². The molecule has 1 aliphatic rings. The number of nitrogens with two attached hydrogens (primary N) is 1. The van der Waals surface area contributed by atoms with Gasteiger partial charge in [-0.25, -0.2) is 14.8 Å². The van der Waals surface area contributed by atoms with Gasteiger partial charge in [0.05, 0.1) is 18.1 Å². The van der Waals surface area contributed by atoms with Crippen LogP contribution in [-0.4, -0.2) is 39.7 Å². The van der Waals surface area contributed by atoms with Gasteiger partial charge in [0.1, 0.15) is 11.4 Å². The molecule has 1 amide bonds. The molecule has 0 spiro atoms. The number of hydrogen-bond donors (Lipinski definition) is 1. The van der Waals surface area contributed by atoms with E-state index in [0.717, 1.165) is 18.7 Å². The Morgan fingerprint density at radius 1 is 1.30 bits per heavy atom. The number of ether oxygens (including phenoxy) is 1. The van der Waals surface area contributed by atoms with Gasteiger partial charge in [0.15, 0.2) is 0 Å². The molecule has 1 aromatic rings. The Bertz CT molecular complexity index is 459. The zero-order valence-electron chi connectivity index (χ0n) is 12.3. The number of piperidine rings is 1. The normalized spacial score (nSPS) is 17.1. The van der Waals surface area contributed by atoms with Crippen LogP contribution in [0.25, 0.3) is 0 Å². The summed E-state index contributed by atoms with van der Waals surface area (Å²) in [6.45, 7) is 6.97. The molecule has 1 aliphatic heterocycles. The van der Waals surface area contributed by atoms with E-state index in [9.17, 15) is 4.79 Å². The first-order valence-corrected chi connectivity index (χ1v) is 6.90. The number of carbonyl (C=O) groups excluding carboxylic acids is 1. The number of hydrogen-bond acceptors (Lipinski definition) is 5. The van der Waals surface area contributed by atoms with Gasteiger partial charge in [0.25, 0.3) is 0 Å². The van der Waals surface area contributed by atoms with E-state index in [2.05, 4.69) is 9.97 Å². The van der Waals surface area contributed by atoms with E-state index >= 15 is 0 Å². The number of anilines is 1. The molecular weight excluding hydrogens is 256 g/mol. The van der Waals surface area contributed by atoms with E-state index in [0.29, 0.717) is 18.8 Å². The summed E-state index contributed by atoms with van der Waals surface area (Å²) in [6, 6.07) is 0. The minimum Gasteiger partial charge on any atom is -0.444 e. The monoisotopic (exact) mass is 278 g/mol. The molecule has 0 aromatic carbocycles. The lowest BCUT2D eigenvalue weighted by atomic mass is 9.96. The van der Waals surface area contributed by atoms with Gasteiger partial charge in [0.2, 0.25) is 0 Å². The highest BCUT2D eigenvalue weighted by Crippen LogP contribution is 2.26. The molecule has 6 heteroatoms. The van der Waals surface area contributed by atoms with Gasteiger partial charge in [-0.3, -0.25) is 0 Å². The first-order valence-electron chi connectivity index (χ1n) is 6.90. The van der Waals surface area contributed by atoms with Crippen molar-refractivity contribution in [1.29, 1.82) is 0 Å². The van der Waals surface area contributed by atoms with E-state index in [1.54, 1.807) is 17.3 Å². The van der Waals surface area contributed by atoms with Crippen molar-refractivity contribution in [2.45, 2.75) is 45.1 Å². The van der Waals surface area contributed by atoms with Crippen LogP contribution in [0, 0.1) is 0 Å². The van der Waals surface area contributed by atoms with Crippen LogP contribution >= 0.6 is 0 Å². The fourth-order valence-corrected chi connectivity index (χ4v) is 2.21. The molecule has 110 valence electrons. The van der Waals surface area contributed by atoms with Crippen LogP contribution in [-0.2, 0) is 4.74 Å². The van der Waals surface area contributed by atoms with Crippen LogP contribution in [0.4, 0.5) is 10.5 Å². The number of nitrogens with zero attached hydrogens (tertiary/aromatic N) is 3. The maximum atomic E-state index is 12.0. The molecule has 2 rings (SSSR count). The summed E-state index contributed by atoms with van der Waals surface area (Å²) in [4.78, 5) is 22.2. The molecular formula is C14H22N4O2. The summed E-state index contributed by atoms with van der Waals surface area (Å²) in [7, 11) is 0. The van der Waals surface area contributed by atoms with Crippen molar-refractivity contribution >= 4 is 11.8 Å². The molecule has 6 nitrogen and oxygen atoms in total. The molecule has 2 heterocycles. The number of aromatic nitrogens is 2. The lowest BCUT2D eigenvalue weighted by molar-refractivity contribution is 0.0203. The molecule has 0 unspecified atom stereocenters. The second-order valence-corrected chi connectivity index (χ2v) is 6.12. The van der Waals surface area contributed by atoms with Crippen molar-refractivity contribution in [1.82, 2.24) is 14.9 Å². The van der Waals surface area contributed by atoms with E-state index < -0.39 is 5.60 Å². The Morgan fingerprint density at radius 2 is 1.85 bits per heavy atom. The number of amides is 1. The van der Waals surface area contributed by atoms with Gasteiger partial charge < -0.3 is 15.4 Å². The minimum atomic E-state index is -0.450.